The minimum Gasteiger partial charge on any atom is -0.361 e. The van der Waals surface area contributed by atoms with Gasteiger partial charge in [-0.25, -0.2) is 4.98 Å². The van der Waals surface area contributed by atoms with Crippen molar-refractivity contribution in [1.29, 1.82) is 0 Å². The number of nitro groups is 1. The first-order valence-electron chi connectivity index (χ1n) is 6.63. The van der Waals surface area contributed by atoms with Crippen LogP contribution in [0.15, 0.2) is 6.20 Å². The fourth-order valence-corrected chi connectivity index (χ4v) is 1.87. The molecule has 1 fully saturated rings. The molecule has 2 N–H and O–H groups in total. The third-order valence-corrected chi connectivity index (χ3v) is 3.19. The predicted octanol–water partition coefficient (Wildman–Crippen LogP) is 2.42. The second-order valence-corrected chi connectivity index (χ2v) is 4.88. The van der Waals surface area contributed by atoms with Crippen molar-refractivity contribution < 1.29 is 4.92 Å². The maximum Gasteiger partial charge on any atom is 0.329 e. The molecule has 19 heavy (non-hydrogen) atoms. The molecule has 0 aliphatic heterocycles. The first-order chi connectivity index (χ1) is 9.11. The van der Waals surface area contributed by atoms with E-state index in [0.717, 1.165) is 13.0 Å². The molecule has 2 rings (SSSR count). The molecule has 0 bridgehead atoms. The molecule has 0 spiro atoms. The summed E-state index contributed by atoms with van der Waals surface area (Å²) in [6, 6.07) is 0.202. The van der Waals surface area contributed by atoms with E-state index >= 15 is 0 Å². The molecule has 1 heterocycles. The largest absolute Gasteiger partial charge is 0.361 e. The molecule has 1 unspecified atom stereocenters. The van der Waals surface area contributed by atoms with Crippen molar-refractivity contribution in [3.05, 3.63) is 16.3 Å². The van der Waals surface area contributed by atoms with E-state index in [1.54, 1.807) is 0 Å². The van der Waals surface area contributed by atoms with Crippen LogP contribution in [-0.4, -0.2) is 27.5 Å². The molecule has 0 amide bonds. The Morgan fingerprint density at radius 3 is 2.89 bits per heavy atom. The van der Waals surface area contributed by atoms with Crippen molar-refractivity contribution in [3.63, 3.8) is 0 Å². The van der Waals surface area contributed by atoms with Gasteiger partial charge in [0.25, 0.3) is 0 Å². The molecule has 1 aliphatic carbocycles. The topological polar surface area (TPSA) is 93.0 Å². The van der Waals surface area contributed by atoms with Gasteiger partial charge in [-0.1, -0.05) is 6.92 Å². The van der Waals surface area contributed by atoms with Gasteiger partial charge in [-0.3, -0.25) is 10.1 Å². The molecule has 0 saturated heterocycles. The van der Waals surface area contributed by atoms with Crippen LogP contribution in [0, 0.1) is 16.0 Å². The van der Waals surface area contributed by atoms with Crippen LogP contribution in [0.3, 0.4) is 0 Å². The van der Waals surface area contributed by atoms with Gasteiger partial charge in [-0.05, 0) is 32.1 Å². The van der Waals surface area contributed by atoms with Crippen LogP contribution in [-0.2, 0) is 0 Å². The Bertz CT molecular complexity index is 461. The molecule has 7 nitrogen and oxygen atoms in total. The summed E-state index contributed by atoms with van der Waals surface area (Å²) >= 11 is 0. The quantitative estimate of drug-likeness (QED) is 0.581. The molecular weight excluding hydrogens is 246 g/mol. The Hall–Kier alpha value is -1.92. The zero-order chi connectivity index (χ0) is 13.8. The first kappa shape index (κ1) is 13.5. The van der Waals surface area contributed by atoms with Gasteiger partial charge >= 0.3 is 5.69 Å². The third kappa shape index (κ3) is 3.52. The van der Waals surface area contributed by atoms with Gasteiger partial charge in [-0.15, -0.1) is 0 Å². The van der Waals surface area contributed by atoms with Gasteiger partial charge in [-0.2, -0.15) is 4.98 Å². The Morgan fingerprint density at radius 2 is 2.32 bits per heavy atom. The maximum absolute atomic E-state index is 11.0. The van der Waals surface area contributed by atoms with Crippen LogP contribution < -0.4 is 10.6 Å². The zero-order valence-electron chi connectivity index (χ0n) is 11.2. The van der Waals surface area contributed by atoms with Crippen molar-refractivity contribution in [2.75, 3.05) is 17.2 Å². The highest BCUT2D eigenvalue weighted by Crippen LogP contribution is 2.35. The summed E-state index contributed by atoms with van der Waals surface area (Å²) in [5.74, 6) is 1.33. The van der Waals surface area contributed by atoms with Crippen LogP contribution in [0.5, 0.6) is 0 Å². The zero-order valence-corrected chi connectivity index (χ0v) is 11.2. The Labute approximate surface area is 112 Å². The summed E-state index contributed by atoms with van der Waals surface area (Å²) in [4.78, 5) is 18.7. The second kappa shape index (κ2) is 5.81. The summed E-state index contributed by atoms with van der Waals surface area (Å²) in [6.45, 7) is 4.81. The summed E-state index contributed by atoms with van der Waals surface area (Å²) < 4.78 is 0. The van der Waals surface area contributed by atoms with Crippen LogP contribution in [0.2, 0.25) is 0 Å². The number of aromatic nitrogens is 2. The van der Waals surface area contributed by atoms with E-state index in [1.807, 2.05) is 13.8 Å². The van der Waals surface area contributed by atoms with Crippen molar-refractivity contribution in [1.82, 2.24) is 9.97 Å². The monoisotopic (exact) mass is 265 g/mol. The average molecular weight is 265 g/mol. The minimum atomic E-state index is -0.453. The lowest BCUT2D eigenvalue weighted by Gasteiger charge is -2.14. The Kier molecular flexibility index (Phi) is 4.13. The van der Waals surface area contributed by atoms with E-state index in [2.05, 4.69) is 20.6 Å². The number of nitrogens with one attached hydrogen (secondary N) is 2. The van der Waals surface area contributed by atoms with Crippen LogP contribution in [0.25, 0.3) is 0 Å². The van der Waals surface area contributed by atoms with Gasteiger partial charge in [0.2, 0.25) is 11.8 Å². The maximum atomic E-state index is 11.0. The summed E-state index contributed by atoms with van der Waals surface area (Å²) in [7, 11) is 0. The SMILES string of the molecule is CCCNc1ncc([N+](=O)[O-])c(NC(C)C2CC2)n1. The van der Waals surface area contributed by atoms with Crippen molar-refractivity contribution in [2.24, 2.45) is 5.92 Å². The highest BCUT2D eigenvalue weighted by molar-refractivity contribution is 5.57. The second-order valence-electron chi connectivity index (χ2n) is 4.88. The van der Waals surface area contributed by atoms with Crippen molar-refractivity contribution >= 4 is 17.5 Å². The lowest BCUT2D eigenvalue weighted by Crippen LogP contribution is -2.20. The summed E-state index contributed by atoms with van der Waals surface area (Å²) in [5, 5.41) is 17.2. The van der Waals surface area contributed by atoms with Gasteiger partial charge in [0.05, 0.1) is 4.92 Å². The fraction of sp³-hybridized carbons (Fsp3) is 0.667. The van der Waals surface area contributed by atoms with E-state index in [1.165, 1.54) is 19.0 Å². The predicted molar refractivity (Wildman–Crippen MR) is 73.3 cm³/mol. The fourth-order valence-electron chi connectivity index (χ4n) is 1.87. The van der Waals surface area contributed by atoms with Crippen LogP contribution >= 0.6 is 0 Å². The van der Waals surface area contributed by atoms with Crippen LogP contribution in [0.4, 0.5) is 17.5 Å². The molecule has 0 radical (unpaired) electrons. The normalized spacial score (nSPS) is 15.9. The molecule has 1 aromatic heterocycles. The third-order valence-electron chi connectivity index (χ3n) is 3.19. The molecular formula is C12H19N5O2. The molecule has 104 valence electrons. The van der Waals surface area contributed by atoms with Gasteiger partial charge in [0, 0.05) is 12.6 Å². The number of anilines is 2. The van der Waals surface area contributed by atoms with Gasteiger partial charge in [0.1, 0.15) is 6.20 Å². The van der Waals surface area contributed by atoms with Gasteiger partial charge < -0.3 is 10.6 Å². The average Bonchev–Trinajstić information content (AvgIpc) is 3.20. The Morgan fingerprint density at radius 1 is 1.58 bits per heavy atom. The standard InChI is InChI=1S/C12H19N5O2/c1-3-6-13-12-14-7-10(17(18)19)11(16-12)15-8(2)9-4-5-9/h7-9H,3-6H2,1-2H3,(H2,13,14,15,16). The molecule has 1 aromatic rings. The minimum absolute atomic E-state index is 0.0745. The smallest absolute Gasteiger partial charge is 0.329 e. The van der Waals surface area contributed by atoms with E-state index in [4.69, 9.17) is 0 Å². The first-order valence-corrected chi connectivity index (χ1v) is 6.63. The number of nitrogens with zero attached hydrogens (tertiary/aromatic N) is 3. The lowest BCUT2D eigenvalue weighted by molar-refractivity contribution is -0.384. The number of hydrogen-bond acceptors (Lipinski definition) is 6. The highest BCUT2D eigenvalue weighted by Gasteiger charge is 2.30. The van der Waals surface area contributed by atoms with Crippen LogP contribution in [0.1, 0.15) is 33.1 Å². The van der Waals surface area contributed by atoms with Crippen molar-refractivity contribution in [2.45, 2.75) is 39.2 Å². The van der Waals surface area contributed by atoms with E-state index in [-0.39, 0.29) is 11.7 Å². The molecule has 7 heteroatoms. The molecule has 0 aromatic carbocycles. The lowest BCUT2D eigenvalue weighted by atomic mass is 10.2. The van der Waals surface area contributed by atoms with Gasteiger partial charge in [0.15, 0.2) is 0 Å². The number of rotatable bonds is 7. The summed E-state index contributed by atoms with van der Waals surface area (Å²) in [5.41, 5.74) is -0.0745. The van der Waals surface area contributed by atoms with Crippen molar-refractivity contribution in [3.8, 4) is 0 Å². The molecule has 1 aliphatic rings. The molecule has 1 atom stereocenters. The van der Waals surface area contributed by atoms with E-state index < -0.39 is 4.92 Å². The van der Waals surface area contributed by atoms with E-state index in [9.17, 15) is 10.1 Å². The summed E-state index contributed by atoms with van der Waals surface area (Å²) in [6.07, 6.45) is 4.55. The molecule has 1 saturated carbocycles. The van der Waals surface area contributed by atoms with E-state index in [0.29, 0.717) is 17.7 Å². The Balaban J connectivity index is 2.16. The highest BCUT2D eigenvalue weighted by atomic mass is 16.6. The number of hydrogen-bond donors (Lipinski definition) is 2.